The molecule has 4 aromatic rings. The van der Waals surface area contributed by atoms with Crippen molar-refractivity contribution in [1.29, 1.82) is 0 Å². The largest absolute Gasteiger partial charge is 0.374 e. The number of ether oxygens (including phenoxy) is 1. The zero-order chi connectivity index (χ0) is 24.9. The van der Waals surface area contributed by atoms with E-state index in [0.29, 0.717) is 58.3 Å². The van der Waals surface area contributed by atoms with Gasteiger partial charge < -0.3 is 14.5 Å². The molecule has 1 saturated carbocycles. The molecule has 4 saturated heterocycles. The number of hydrogen-bond donors (Lipinski definition) is 0. The zero-order valence-corrected chi connectivity index (χ0v) is 20.2. The molecular formula is C26H26N6O5. The van der Waals surface area contributed by atoms with Gasteiger partial charge in [0.2, 0.25) is 0 Å². The highest BCUT2D eigenvalue weighted by Crippen LogP contribution is 2.35. The van der Waals surface area contributed by atoms with Crippen molar-refractivity contribution in [2.24, 2.45) is 5.92 Å². The van der Waals surface area contributed by atoms with Gasteiger partial charge in [0.1, 0.15) is 22.1 Å². The molecule has 190 valence electrons. The monoisotopic (exact) mass is 502 g/mol. The highest BCUT2D eigenvalue weighted by molar-refractivity contribution is 5.98. The summed E-state index contributed by atoms with van der Waals surface area (Å²) in [6, 6.07) is 11.3. The third-order valence-electron chi connectivity index (χ3n) is 8.14. The first kappa shape index (κ1) is 22.3. The molecule has 2 aromatic heterocycles. The molecule has 2 atom stereocenters. The summed E-state index contributed by atoms with van der Waals surface area (Å²) in [4.78, 5) is 28.9. The van der Waals surface area contributed by atoms with Crippen molar-refractivity contribution < 1.29 is 23.6 Å². The van der Waals surface area contributed by atoms with E-state index >= 15 is 0 Å². The minimum atomic E-state index is 0.0377. The smallest absolute Gasteiger partial charge is 0.254 e. The molecule has 0 radical (unpaired) electrons. The van der Waals surface area contributed by atoms with Gasteiger partial charge in [-0.15, -0.1) is 0 Å². The third-order valence-corrected chi connectivity index (χ3v) is 8.14. The SMILES string of the molecule is O=C(c1ccc2nonc2c1)N1CC2CC1CO2.O=C(c1ccc2nonc2c1)N1CC2CCC1CC2. The predicted molar refractivity (Wildman–Crippen MR) is 130 cm³/mol. The lowest BCUT2D eigenvalue weighted by Gasteiger charge is -2.45. The molecule has 6 heterocycles. The molecule has 0 spiro atoms. The topological polar surface area (TPSA) is 128 Å². The molecule has 2 unspecified atom stereocenters. The highest BCUT2D eigenvalue weighted by atomic mass is 16.6. The van der Waals surface area contributed by atoms with Crippen molar-refractivity contribution in [1.82, 2.24) is 30.4 Å². The predicted octanol–water partition coefficient (Wildman–Crippen LogP) is 3.07. The minimum absolute atomic E-state index is 0.0377. The van der Waals surface area contributed by atoms with Crippen LogP contribution in [0, 0.1) is 5.92 Å². The molecule has 11 nitrogen and oxygen atoms in total. The van der Waals surface area contributed by atoms with Gasteiger partial charge in [0.15, 0.2) is 0 Å². The van der Waals surface area contributed by atoms with Gasteiger partial charge in [0, 0.05) is 30.3 Å². The molecule has 2 aromatic carbocycles. The number of rotatable bonds is 2. The Morgan fingerprint density at radius 1 is 0.703 bits per heavy atom. The van der Waals surface area contributed by atoms with Crippen LogP contribution in [0.1, 0.15) is 52.8 Å². The average Bonchev–Trinajstić information content (AvgIpc) is 3.77. The van der Waals surface area contributed by atoms with Crippen LogP contribution in [0.25, 0.3) is 22.1 Å². The second-order valence-electron chi connectivity index (χ2n) is 10.4. The molecule has 2 amide bonds. The highest BCUT2D eigenvalue weighted by Gasteiger charge is 2.41. The Hall–Kier alpha value is -3.86. The van der Waals surface area contributed by atoms with E-state index in [9.17, 15) is 9.59 Å². The van der Waals surface area contributed by atoms with Crippen molar-refractivity contribution in [2.45, 2.75) is 50.3 Å². The van der Waals surface area contributed by atoms with Crippen molar-refractivity contribution in [3.05, 3.63) is 47.5 Å². The maximum Gasteiger partial charge on any atom is 0.254 e. The lowest BCUT2D eigenvalue weighted by atomic mass is 9.79. The van der Waals surface area contributed by atoms with Crippen LogP contribution in [0.4, 0.5) is 0 Å². The fourth-order valence-corrected chi connectivity index (χ4v) is 6.13. The molecule has 5 fully saturated rings. The van der Waals surface area contributed by atoms with E-state index in [1.165, 1.54) is 12.8 Å². The van der Waals surface area contributed by atoms with Gasteiger partial charge in [-0.3, -0.25) is 9.59 Å². The number of carbonyl (C=O) groups excluding carboxylic acids is 2. The standard InChI is InChI=1S/C14H15N3O2.C12H11N3O3/c18-14(17-8-9-1-4-11(17)5-2-9)10-3-6-12-13(7-10)16-19-15-12;16-12(15-5-9-4-8(15)6-17-9)7-1-2-10-11(3-7)14-18-13-10/h3,6-7,9,11H,1-2,4-5,8H2;1-3,8-9H,4-6H2. The summed E-state index contributed by atoms with van der Waals surface area (Å²) in [6.07, 6.45) is 6.05. The number of benzene rings is 2. The summed E-state index contributed by atoms with van der Waals surface area (Å²) in [5.41, 5.74) is 3.94. The van der Waals surface area contributed by atoms with Crippen LogP contribution >= 0.6 is 0 Å². The summed E-state index contributed by atoms with van der Waals surface area (Å²) in [6.45, 7) is 2.27. The van der Waals surface area contributed by atoms with Gasteiger partial charge in [-0.2, -0.15) is 0 Å². The molecule has 37 heavy (non-hydrogen) atoms. The number of hydrogen-bond acceptors (Lipinski definition) is 9. The van der Waals surface area contributed by atoms with Gasteiger partial charge in [-0.05, 0) is 95.0 Å². The van der Waals surface area contributed by atoms with Crippen LogP contribution < -0.4 is 0 Å². The third kappa shape index (κ3) is 4.03. The van der Waals surface area contributed by atoms with E-state index in [0.717, 1.165) is 25.8 Å². The number of aromatic nitrogens is 4. The summed E-state index contributed by atoms with van der Waals surface area (Å²) < 4.78 is 14.8. The van der Waals surface area contributed by atoms with Gasteiger partial charge in [-0.25, -0.2) is 9.26 Å². The van der Waals surface area contributed by atoms with E-state index in [-0.39, 0.29) is 24.0 Å². The summed E-state index contributed by atoms with van der Waals surface area (Å²) in [5, 5.41) is 15.0. The van der Waals surface area contributed by atoms with Crippen molar-refractivity contribution in [3.8, 4) is 0 Å². The van der Waals surface area contributed by atoms with Crippen LogP contribution in [0.5, 0.6) is 0 Å². The normalized spacial score (nSPS) is 26.1. The summed E-state index contributed by atoms with van der Waals surface area (Å²) >= 11 is 0. The van der Waals surface area contributed by atoms with E-state index < -0.39 is 0 Å². The Labute approximate surface area is 211 Å². The number of nitrogens with zero attached hydrogens (tertiary/aromatic N) is 6. The lowest BCUT2D eigenvalue weighted by molar-refractivity contribution is 0.0259. The molecular weight excluding hydrogens is 476 g/mol. The van der Waals surface area contributed by atoms with Crippen molar-refractivity contribution in [2.75, 3.05) is 19.7 Å². The maximum absolute atomic E-state index is 12.6. The quantitative estimate of drug-likeness (QED) is 0.406. The van der Waals surface area contributed by atoms with Crippen LogP contribution in [-0.4, -0.2) is 80.1 Å². The van der Waals surface area contributed by atoms with Crippen molar-refractivity contribution >= 4 is 33.9 Å². The van der Waals surface area contributed by atoms with Gasteiger partial charge in [0.05, 0.1) is 18.8 Å². The number of likely N-dealkylation sites (tertiary alicyclic amines) is 1. The van der Waals surface area contributed by atoms with E-state index in [4.69, 9.17) is 4.74 Å². The van der Waals surface area contributed by atoms with Crippen LogP contribution in [0.2, 0.25) is 0 Å². The number of fused-ring (bicyclic) bond motifs is 7. The first-order valence-electron chi connectivity index (χ1n) is 12.8. The summed E-state index contributed by atoms with van der Waals surface area (Å²) in [7, 11) is 0. The summed E-state index contributed by atoms with van der Waals surface area (Å²) in [5.74, 6) is 0.862. The van der Waals surface area contributed by atoms with Gasteiger partial charge in [0.25, 0.3) is 11.8 Å². The molecule has 1 aliphatic carbocycles. The number of carbonyl (C=O) groups is 2. The lowest BCUT2D eigenvalue weighted by Crippen LogP contribution is -2.50. The second-order valence-corrected chi connectivity index (χ2v) is 10.4. The Morgan fingerprint density at radius 2 is 1.27 bits per heavy atom. The Balaban J connectivity index is 0.000000125. The number of piperidine rings is 2. The van der Waals surface area contributed by atoms with Crippen molar-refractivity contribution in [3.63, 3.8) is 0 Å². The fourth-order valence-electron chi connectivity index (χ4n) is 6.13. The fraction of sp³-hybridized carbons (Fsp3) is 0.462. The van der Waals surface area contributed by atoms with E-state index in [1.54, 1.807) is 30.3 Å². The minimum Gasteiger partial charge on any atom is -0.374 e. The molecule has 11 heteroatoms. The number of amides is 2. The molecule has 9 rings (SSSR count). The van der Waals surface area contributed by atoms with Gasteiger partial charge >= 0.3 is 0 Å². The van der Waals surface area contributed by atoms with Crippen LogP contribution in [-0.2, 0) is 4.74 Å². The Kier molecular flexibility index (Phi) is 5.38. The zero-order valence-electron chi connectivity index (χ0n) is 20.2. The molecule has 0 N–H and O–H groups in total. The Bertz CT molecular complexity index is 1470. The van der Waals surface area contributed by atoms with E-state index in [1.807, 2.05) is 15.9 Å². The van der Waals surface area contributed by atoms with Crippen LogP contribution in [0.3, 0.4) is 0 Å². The van der Waals surface area contributed by atoms with Gasteiger partial charge in [-0.1, -0.05) is 0 Å². The molecule has 4 bridgehead atoms. The molecule has 5 aliphatic rings. The van der Waals surface area contributed by atoms with Crippen LogP contribution in [0.15, 0.2) is 45.7 Å². The first-order chi connectivity index (χ1) is 18.1. The first-order valence-corrected chi connectivity index (χ1v) is 12.8. The average molecular weight is 503 g/mol. The maximum atomic E-state index is 12.6. The number of morpholine rings is 1. The van der Waals surface area contributed by atoms with E-state index in [2.05, 4.69) is 29.9 Å². The second kappa shape index (κ2) is 8.91. The Morgan fingerprint density at radius 3 is 1.76 bits per heavy atom. The molecule has 4 aliphatic heterocycles.